The lowest BCUT2D eigenvalue weighted by Gasteiger charge is -2.18. The molecular formula is C15H14NO4S-. The molecule has 0 aromatic heterocycles. The van der Waals surface area contributed by atoms with Gasteiger partial charge in [-0.3, -0.25) is 9.00 Å². The summed E-state index contributed by atoms with van der Waals surface area (Å²) in [5, 5.41) is 8.10. The van der Waals surface area contributed by atoms with Gasteiger partial charge in [-0.05, 0) is 47.0 Å². The Labute approximate surface area is 124 Å². The van der Waals surface area contributed by atoms with Crippen LogP contribution in [0.3, 0.4) is 0 Å². The molecular weight excluding hydrogens is 290 g/mol. The van der Waals surface area contributed by atoms with Crippen LogP contribution in [0.2, 0.25) is 0 Å². The van der Waals surface area contributed by atoms with Gasteiger partial charge in [0.1, 0.15) is 0 Å². The fourth-order valence-corrected chi connectivity index (χ4v) is 2.45. The maximum Gasteiger partial charge on any atom is 0.193 e. The number of aliphatic hydroxyl groups is 1. The van der Waals surface area contributed by atoms with E-state index in [-0.39, 0.29) is 5.78 Å². The van der Waals surface area contributed by atoms with Crippen LogP contribution in [-0.2, 0) is 11.1 Å². The van der Waals surface area contributed by atoms with E-state index in [4.69, 9.17) is 10.8 Å². The van der Waals surface area contributed by atoms with E-state index in [2.05, 4.69) is 0 Å². The minimum absolute atomic E-state index is 0.231. The maximum absolute atomic E-state index is 12.3. The molecule has 6 heteroatoms. The molecule has 110 valence electrons. The molecule has 0 saturated heterocycles. The lowest BCUT2D eigenvalue weighted by atomic mass is 10.00. The van der Waals surface area contributed by atoms with E-state index in [9.17, 15) is 13.6 Å². The third-order valence-corrected chi connectivity index (χ3v) is 3.98. The first-order valence-electron chi connectivity index (χ1n) is 6.22. The fourth-order valence-electron chi connectivity index (χ4n) is 1.96. The van der Waals surface area contributed by atoms with Crippen molar-refractivity contribution in [1.29, 1.82) is 0 Å². The van der Waals surface area contributed by atoms with Crippen molar-refractivity contribution in [2.45, 2.75) is 5.25 Å². The number of nitrogen functional groups attached to an aromatic ring is 1. The van der Waals surface area contributed by atoms with Crippen molar-refractivity contribution in [1.82, 2.24) is 0 Å². The van der Waals surface area contributed by atoms with E-state index in [1.165, 1.54) is 6.07 Å². The summed E-state index contributed by atoms with van der Waals surface area (Å²) in [5.41, 5.74) is 7.34. The number of ketones is 1. The molecule has 0 saturated carbocycles. The van der Waals surface area contributed by atoms with Gasteiger partial charge in [-0.25, -0.2) is 0 Å². The van der Waals surface area contributed by atoms with Crippen LogP contribution < -0.4 is 5.73 Å². The predicted molar refractivity (Wildman–Crippen MR) is 79.5 cm³/mol. The van der Waals surface area contributed by atoms with Crippen LogP contribution >= 0.6 is 0 Å². The molecule has 0 fully saturated rings. The fraction of sp³-hybridized carbons (Fsp3) is 0.133. The first-order valence-corrected chi connectivity index (χ1v) is 7.36. The van der Waals surface area contributed by atoms with Crippen LogP contribution in [0.4, 0.5) is 5.69 Å². The summed E-state index contributed by atoms with van der Waals surface area (Å²) in [6, 6.07) is 12.7. The Bertz CT molecular complexity index is 670. The van der Waals surface area contributed by atoms with E-state index >= 15 is 0 Å². The summed E-state index contributed by atoms with van der Waals surface area (Å²) in [4.78, 5) is 12.3. The third kappa shape index (κ3) is 3.55. The zero-order chi connectivity index (χ0) is 15.4. The van der Waals surface area contributed by atoms with Crippen molar-refractivity contribution in [3.63, 3.8) is 0 Å². The SMILES string of the molecule is Nc1ccc(C(=O)c2cccc(C(CO)S(=O)[O-])c2)cc1. The van der Waals surface area contributed by atoms with Gasteiger partial charge in [0.15, 0.2) is 5.78 Å². The molecule has 0 aliphatic rings. The molecule has 2 unspecified atom stereocenters. The molecule has 0 aliphatic carbocycles. The summed E-state index contributed by atoms with van der Waals surface area (Å²) in [6.45, 7) is -0.532. The van der Waals surface area contributed by atoms with Gasteiger partial charge in [-0.2, -0.15) is 0 Å². The topological polar surface area (TPSA) is 103 Å². The molecule has 2 atom stereocenters. The van der Waals surface area contributed by atoms with E-state index in [1.807, 2.05) is 0 Å². The highest BCUT2D eigenvalue weighted by Gasteiger charge is 2.14. The number of rotatable bonds is 5. The lowest BCUT2D eigenvalue weighted by Crippen LogP contribution is -2.11. The Morgan fingerprint density at radius 1 is 1.19 bits per heavy atom. The number of hydrogen-bond donors (Lipinski definition) is 2. The van der Waals surface area contributed by atoms with Gasteiger partial charge in [0.05, 0.1) is 11.9 Å². The maximum atomic E-state index is 12.3. The van der Waals surface area contributed by atoms with Crippen molar-refractivity contribution in [3.05, 3.63) is 65.2 Å². The van der Waals surface area contributed by atoms with E-state index in [1.54, 1.807) is 42.5 Å². The molecule has 5 nitrogen and oxygen atoms in total. The number of carbonyl (C=O) groups is 1. The van der Waals surface area contributed by atoms with Gasteiger partial charge < -0.3 is 15.4 Å². The van der Waals surface area contributed by atoms with Crippen LogP contribution in [0.5, 0.6) is 0 Å². The highest BCUT2D eigenvalue weighted by Crippen LogP contribution is 2.21. The van der Waals surface area contributed by atoms with E-state index < -0.39 is 22.9 Å². The Hall–Kier alpha value is -2.02. The van der Waals surface area contributed by atoms with Crippen LogP contribution in [0.15, 0.2) is 48.5 Å². The van der Waals surface area contributed by atoms with Crippen LogP contribution in [0.1, 0.15) is 26.7 Å². The molecule has 0 heterocycles. The number of anilines is 1. The molecule has 0 radical (unpaired) electrons. The van der Waals surface area contributed by atoms with Crippen molar-refractivity contribution in [2.24, 2.45) is 0 Å². The lowest BCUT2D eigenvalue weighted by molar-refractivity contribution is 0.103. The average Bonchev–Trinajstić information content (AvgIpc) is 2.48. The Kier molecular flexibility index (Phi) is 4.85. The Morgan fingerprint density at radius 2 is 1.86 bits per heavy atom. The molecule has 2 rings (SSSR count). The normalized spacial score (nSPS) is 13.6. The van der Waals surface area contributed by atoms with E-state index in [0.29, 0.717) is 22.4 Å². The molecule has 21 heavy (non-hydrogen) atoms. The van der Waals surface area contributed by atoms with Gasteiger partial charge in [0, 0.05) is 16.8 Å². The molecule has 2 aromatic carbocycles. The van der Waals surface area contributed by atoms with Gasteiger partial charge in [-0.15, -0.1) is 0 Å². The minimum Gasteiger partial charge on any atom is -0.772 e. The number of hydrogen-bond acceptors (Lipinski definition) is 5. The van der Waals surface area contributed by atoms with Crippen molar-refractivity contribution >= 4 is 22.6 Å². The molecule has 0 amide bonds. The molecule has 0 spiro atoms. The predicted octanol–water partition coefficient (Wildman–Crippen LogP) is 1.41. The van der Waals surface area contributed by atoms with E-state index in [0.717, 1.165) is 0 Å². The second-order valence-electron chi connectivity index (χ2n) is 4.51. The van der Waals surface area contributed by atoms with Crippen molar-refractivity contribution in [3.8, 4) is 0 Å². The molecule has 2 aromatic rings. The quantitative estimate of drug-likeness (QED) is 0.494. The Morgan fingerprint density at radius 3 is 2.43 bits per heavy atom. The zero-order valence-corrected chi connectivity index (χ0v) is 11.9. The highest BCUT2D eigenvalue weighted by atomic mass is 32.2. The van der Waals surface area contributed by atoms with Crippen molar-refractivity contribution < 1.29 is 18.7 Å². The van der Waals surface area contributed by atoms with Crippen LogP contribution in [0, 0.1) is 0 Å². The van der Waals surface area contributed by atoms with Crippen molar-refractivity contribution in [2.75, 3.05) is 12.3 Å². The zero-order valence-electron chi connectivity index (χ0n) is 11.1. The summed E-state index contributed by atoms with van der Waals surface area (Å²) < 4.78 is 22.1. The summed E-state index contributed by atoms with van der Waals surface area (Å²) >= 11 is -2.45. The number of aliphatic hydroxyl groups excluding tert-OH is 1. The van der Waals surface area contributed by atoms with Gasteiger partial charge in [0.2, 0.25) is 0 Å². The highest BCUT2D eigenvalue weighted by molar-refractivity contribution is 7.79. The van der Waals surface area contributed by atoms with Crippen LogP contribution in [0.25, 0.3) is 0 Å². The standard InChI is InChI=1S/C15H15NO4S/c16-13-6-4-10(5-7-13)15(18)12-3-1-2-11(8-12)14(9-17)21(19)20/h1-8,14,17H,9,16H2,(H,19,20)/p-1. The number of nitrogens with two attached hydrogens (primary N) is 1. The third-order valence-electron chi connectivity index (χ3n) is 3.09. The first kappa shape index (κ1) is 15.4. The summed E-state index contributed by atoms with van der Waals surface area (Å²) in [7, 11) is 0. The number of benzene rings is 2. The monoisotopic (exact) mass is 304 g/mol. The molecule has 0 bridgehead atoms. The smallest absolute Gasteiger partial charge is 0.193 e. The molecule has 3 N–H and O–H groups in total. The second kappa shape index (κ2) is 6.62. The Balaban J connectivity index is 2.34. The summed E-state index contributed by atoms with van der Waals surface area (Å²) in [6.07, 6.45) is 0. The van der Waals surface area contributed by atoms with Crippen LogP contribution in [-0.4, -0.2) is 26.3 Å². The average molecular weight is 304 g/mol. The summed E-state index contributed by atoms with van der Waals surface area (Å²) in [5.74, 6) is -0.231. The first-order chi connectivity index (χ1) is 10.0. The minimum atomic E-state index is -2.45. The molecule has 0 aliphatic heterocycles. The van der Waals surface area contributed by atoms with Gasteiger partial charge >= 0.3 is 0 Å². The number of carbonyl (C=O) groups excluding carboxylic acids is 1. The largest absolute Gasteiger partial charge is 0.772 e. The second-order valence-corrected chi connectivity index (χ2v) is 5.60. The van der Waals surface area contributed by atoms with Gasteiger partial charge in [-0.1, -0.05) is 18.2 Å². The van der Waals surface area contributed by atoms with Gasteiger partial charge in [0.25, 0.3) is 0 Å².